The van der Waals surface area contributed by atoms with E-state index in [2.05, 4.69) is 5.32 Å². The molecule has 2 aromatic carbocycles. The van der Waals surface area contributed by atoms with E-state index in [9.17, 15) is 9.59 Å². The highest BCUT2D eigenvalue weighted by Crippen LogP contribution is 2.29. The second-order valence-corrected chi connectivity index (χ2v) is 6.39. The summed E-state index contributed by atoms with van der Waals surface area (Å²) in [6, 6.07) is 11.9. The van der Waals surface area contributed by atoms with Gasteiger partial charge in [0.15, 0.2) is 0 Å². The molecule has 0 saturated carbocycles. The van der Waals surface area contributed by atoms with Gasteiger partial charge in [-0.2, -0.15) is 0 Å². The molecule has 1 aliphatic rings. The highest BCUT2D eigenvalue weighted by molar-refractivity contribution is 6.30. The van der Waals surface area contributed by atoms with Gasteiger partial charge in [-0.25, -0.2) is 4.79 Å². The summed E-state index contributed by atoms with van der Waals surface area (Å²) in [5.74, 6) is 0.799. The van der Waals surface area contributed by atoms with Crippen LogP contribution in [0.3, 0.4) is 0 Å². The SMILES string of the molecule is COc1ccc(NC(=O)CN2CCN(c3cccc(Cl)c3)C2=O)c(OC)c1. The maximum absolute atomic E-state index is 12.6. The van der Waals surface area contributed by atoms with Gasteiger partial charge < -0.3 is 19.7 Å². The minimum Gasteiger partial charge on any atom is -0.497 e. The average Bonchev–Trinajstić information content (AvgIpc) is 3.02. The Kier molecular flexibility index (Phi) is 5.71. The lowest BCUT2D eigenvalue weighted by atomic mass is 10.2. The number of amides is 3. The molecule has 1 aliphatic heterocycles. The van der Waals surface area contributed by atoms with Crippen LogP contribution in [0.1, 0.15) is 0 Å². The lowest BCUT2D eigenvalue weighted by molar-refractivity contribution is -0.116. The third-order valence-corrected chi connectivity index (χ3v) is 4.47. The van der Waals surface area contributed by atoms with E-state index in [-0.39, 0.29) is 18.5 Å². The van der Waals surface area contributed by atoms with Gasteiger partial charge in [0, 0.05) is 29.9 Å². The lowest BCUT2D eigenvalue weighted by Crippen LogP contribution is -2.37. The van der Waals surface area contributed by atoms with Crippen molar-refractivity contribution < 1.29 is 19.1 Å². The van der Waals surface area contributed by atoms with Crippen molar-refractivity contribution in [2.45, 2.75) is 0 Å². The van der Waals surface area contributed by atoms with E-state index in [4.69, 9.17) is 21.1 Å². The van der Waals surface area contributed by atoms with Gasteiger partial charge in [0.25, 0.3) is 0 Å². The number of urea groups is 1. The van der Waals surface area contributed by atoms with Gasteiger partial charge in [-0.15, -0.1) is 0 Å². The first-order chi connectivity index (χ1) is 13.0. The summed E-state index contributed by atoms with van der Waals surface area (Å²) in [5, 5.41) is 3.33. The van der Waals surface area contributed by atoms with Gasteiger partial charge >= 0.3 is 6.03 Å². The van der Waals surface area contributed by atoms with Crippen LogP contribution in [0.15, 0.2) is 42.5 Å². The molecule has 7 nitrogen and oxygen atoms in total. The van der Waals surface area contributed by atoms with Crippen molar-refractivity contribution in [2.75, 3.05) is 44.1 Å². The van der Waals surface area contributed by atoms with Crippen molar-refractivity contribution in [1.82, 2.24) is 4.90 Å². The molecule has 27 heavy (non-hydrogen) atoms. The molecular formula is C19H20ClN3O4. The van der Waals surface area contributed by atoms with E-state index >= 15 is 0 Å². The number of halogens is 1. The van der Waals surface area contributed by atoms with Crippen LogP contribution >= 0.6 is 11.6 Å². The van der Waals surface area contributed by atoms with Crippen LogP contribution in [-0.2, 0) is 4.79 Å². The maximum Gasteiger partial charge on any atom is 0.325 e. The zero-order valence-electron chi connectivity index (χ0n) is 15.1. The summed E-state index contributed by atoms with van der Waals surface area (Å²) >= 11 is 6.00. The number of hydrogen-bond acceptors (Lipinski definition) is 4. The zero-order valence-corrected chi connectivity index (χ0v) is 15.8. The largest absolute Gasteiger partial charge is 0.497 e. The first-order valence-electron chi connectivity index (χ1n) is 8.35. The Morgan fingerprint density at radius 1 is 1.15 bits per heavy atom. The highest BCUT2D eigenvalue weighted by atomic mass is 35.5. The molecule has 2 aromatic rings. The predicted octanol–water partition coefficient (Wildman–Crippen LogP) is 3.24. The summed E-state index contributed by atoms with van der Waals surface area (Å²) in [6.07, 6.45) is 0. The van der Waals surface area contributed by atoms with Gasteiger partial charge in [0.2, 0.25) is 5.91 Å². The Labute approximate surface area is 162 Å². The summed E-state index contributed by atoms with van der Waals surface area (Å²) < 4.78 is 10.4. The van der Waals surface area contributed by atoms with Crippen molar-refractivity contribution in [1.29, 1.82) is 0 Å². The van der Waals surface area contributed by atoms with Gasteiger partial charge in [-0.3, -0.25) is 9.69 Å². The molecule has 1 saturated heterocycles. The van der Waals surface area contributed by atoms with E-state index < -0.39 is 0 Å². The topological polar surface area (TPSA) is 71.1 Å². The number of ether oxygens (including phenoxy) is 2. The summed E-state index contributed by atoms with van der Waals surface area (Å²) in [6.45, 7) is 0.905. The molecule has 0 aliphatic carbocycles. The van der Waals surface area contributed by atoms with E-state index in [1.54, 1.807) is 48.4 Å². The molecule has 0 bridgehead atoms. The second kappa shape index (κ2) is 8.18. The van der Waals surface area contributed by atoms with E-state index in [0.717, 1.165) is 0 Å². The van der Waals surface area contributed by atoms with Gasteiger partial charge in [0.05, 0.1) is 19.9 Å². The van der Waals surface area contributed by atoms with Crippen LogP contribution in [0, 0.1) is 0 Å². The second-order valence-electron chi connectivity index (χ2n) is 5.95. The molecule has 0 radical (unpaired) electrons. The minimum absolute atomic E-state index is 0.0505. The van der Waals surface area contributed by atoms with Crippen LogP contribution in [0.4, 0.5) is 16.2 Å². The fourth-order valence-electron chi connectivity index (χ4n) is 2.88. The van der Waals surface area contributed by atoms with Crippen molar-refractivity contribution in [2.24, 2.45) is 0 Å². The molecule has 3 rings (SSSR count). The summed E-state index contributed by atoms with van der Waals surface area (Å²) in [7, 11) is 3.06. The molecule has 1 N–H and O–H groups in total. The van der Waals surface area contributed by atoms with E-state index in [0.29, 0.717) is 41.0 Å². The third-order valence-electron chi connectivity index (χ3n) is 4.23. The number of rotatable bonds is 6. The molecule has 0 unspecified atom stereocenters. The summed E-state index contributed by atoms with van der Waals surface area (Å²) in [5.41, 5.74) is 1.23. The standard InChI is InChI=1S/C19H20ClN3O4/c1-26-15-6-7-16(17(11-15)27-2)21-18(24)12-22-8-9-23(19(22)25)14-5-3-4-13(20)10-14/h3-7,10-11H,8-9,12H2,1-2H3,(H,21,24). The quantitative estimate of drug-likeness (QED) is 0.823. The van der Waals surface area contributed by atoms with Gasteiger partial charge in [-0.05, 0) is 30.3 Å². The lowest BCUT2D eigenvalue weighted by Gasteiger charge is -2.19. The van der Waals surface area contributed by atoms with Crippen molar-refractivity contribution >= 4 is 34.9 Å². The predicted molar refractivity (Wildman–Crippen MR) is 104 cm³/mol. The number of nitrogens with zero attached hydrogens (tertiary/aromatic N) is 2. The smallest absolute Gasteiger partial charge is 0.325 e. The molecular weight excluding hydrogens is 370 g/mol. The van der Waals surface area contributed by atoms with Crippen molar-refractivity contribution in [3.63, 3.8) is 0 Å². The third kappa shape index (κ3) is 4.25. The number of carbonyl (C=O) groups is 2. The zero-order chi connectivity index (χ0) is 19.4. The Bertz CT molecular complexity index is 859. The number of hydrogen-bond donors (Lipinski definition) is 1. The fourth-order valence-corrected chi connectivity index (χ4v) is 3.06. The Balaban J connectivity index is 1.64. The minimum atomic E-state index is -0.306. The summed E-state index contributed by atoms with van der Waals surface area (Å²) in [4.78, 5) is 28.1. The molecule has 142 valence electrons. The Morgan fingerprint density at radius 3 is 2.67 bits per heavy atom. The molecule has 8 heteroatoms. The van der Waals surface area contributed by atoms with Crippen LogP contribution in [-0.4, -0.2) is 50.7 Å². The van der Waals surface area contributed by atoms with Gasteiger partial charge in [-0.1, -0.05) is 17.7 Å². The number of benzene rings is 2. The van der Waals surface area contributed by atoms with Crippen molar-refractivity contribution in [3.05, 3.63) is 47.5 Å². The molecule has 1 heterocycles. The molecule has 0 spiro atoms. The van der Waals surface area contributed by atoms with Gasteiger partial charge in [0.1, 0.15) is 18.0 Å². The maximum atomic E-state index is 12.6. The fraction of sp³-hybridized carbons (Fsp3) is 0.263. The normalized spacial score (nSPS) is 13.7. The van der Waals surface area contributed by atoms with Crippen molar-refractivity contribution in [3.8, 4) is 11.5 Å². The number of nitrogens with one attached hydrogen (secondary N) is 1. The average molecular weight is 390 g/mol. The number of anilines is 2. The number of carbonyl (C=O) groups excluding carboxylic acids is 2. The number of methoxy groups -OCH3 is 2. The van der Waals surface area contributed by atoms with Crippen LogP contribution in [0.5, 0.6) is 11.5 Å². The van der Waals surface area contributed by atoms with Crippen LogP contribution in [0.2, 0.25) is 5.02 Å². The first kappa shape index (κ1) is 18.8. The molecule has 1 fully saturated rings. The molecule has 0 aromatic heterocycles. The molecule has 0 atom stereocenters. The molecule has 3 amide bonds. The van der Waals surface area contributed by atoms with E-state index in [1.165, 1.54) is 12.0 Å². The Morgan fingerprint density at radius 2 is 1.96 bits per heavy atom. The highest BCUT2D eigenvalue weighted by Gasteiger charge is 2.31. The first-order valence-corrected chi connectivity index (χ1v) is 8.73. The van der Waals surface area contributed by atoms with E-state index in [1.807, 2.05) is 6.07 Å². The Hall–Kier alpha value is -2.93. The monoisotopic (exact) mass is 389 g/mol. The van der Waals surface area contributed by atoms with Crippen LogP contribution < -0.4 is 19.7 Å². The van der Waals surface area contributed by atoms with Crippen LogP contribution in [0.25, 0.3) is 0 Å².